The maximum Gasteiger partial charge on any atom is 0.336 e. The highest BCUT2D eigenvalue weighted by Crippen LogP contribution is 2.46. The molecule has 206 valence electrons. The number of esters is 1. The van der Waals surface area contributed by atoms with Crippen LogP contribution >= 0.6 is 0 Å². The highest BCUT2D eigenvalue weighted by molar-refractivity contribution is 6.04. The van der Waals surface area contributed by atoms with Crippen LogP contribution in [0.4, 0.5) is 0 Å². The summed E-state index contributed by atoms with van der Waals surface area (Å²) in [4.78, 5) is 41.4. The third-order valence-electron chi connectivity index (χ3n) is 8.07. The van der Waals surface area contributed by atoms with Crippen molar-refractivity contribution < 1.29 is 28.2 Å². The van der Waals surface area contributed by atoms with Crippen molar-refractivity contribution >= 4 is 22.7 Å². The monoisotopic (exact) mass is 541 g/mol. The Morgan fingerprint density at radius 1 is 1.05 bits per heavy atom. The van der Waals surface area contributed by atoms with Gasteiger partial charge in [-0.2, -0.15) is 0 Å². The summed E-state index contributed by atoms with van der Waals surface area (Å²) < 4.78 is 22.8. The number of carbonyl (C=O) groups is 2. The fourth-order valence-electron chi connectivity index (χ4n) is 6.16. The van der Waals surface area contributed by atoms with Crippen molar-refractivity contribution in [3.05, 3.63) is 98.7 Å². The van der Waals surface area contributed by atoms with Gasteiger partial charge >= 0.3 is 5.97 Å². The van der Waals surface area contributed by atoms with E-state index in [4.69, 9.17) is 18.6 Å². The van der Waals surface area contributed by atoms with Crippen molar-refractivity contribution in [3.63, 3.8) is 0 Å². The van der Waals surface area contributed by atoms with Gasteiger partial charge in [-0.05, 0) is 49.9 Å². The molecule has 3 aliphatic rings. The summed E-state index contributed by atoms with van der Waals surface area (Å²) in [5, 5.41) is 3.72. The van der Waals surface area contributed by atoms with Crippen LogP contribution in [0, 0.1) is 0 Å². The van der Waals surface area contributed by atoms with E-state index in [1.165, 1.54) is 6.26 Å². The molecule has 40 heavy (non-hydrogen) atoms. The summed E-state index contributed by atoms with van der Waals surface area (Å²) in [5.41, 5.74) is 3.22. The van der Waals surface area contributed by atoms with Gasteiger partial charge in [0.2, 0.25) is 0 Å². The number of ether oxygens (including phenoxy) is 3. The molecule has 3 aromatic rings. The Hall–Kier alpha value is -4.17. The van der Waals surface area contributed by atoms with Crippen molar-refractivity contribution in [1.82, 2.24) is 5.32 Å². The zero-order chi connectivity index (χ0) is 27.8. The van der Waals surface area contributed by atoms with Crippen molar-refractivity contribution in [2.75, 3.05) is 20.3 Å². The van der Waals surface area contributed by atoms with Crippen molar-refractivity contribution in [2.45, 2.75) is 50.5 Å². The Kier molecular flexibility index (Phi) is 7.02. The zero-order valence-electron chi connectivity index (χ0n) is 22.5. The highest BCUT2D eigenvalue weighted by Gasteiger charge is 2.43. The topological polar surface area (TPSA) is 104 Å². The van der Waals surface area contributed by atoms with E-state index in [0.29, 0.717) is 41.0 Å². The van der Waals surface area contributed by atoms with Gasteiger partial charge in [0.25, 0.3) is 0 Å². The zero-order valence-corrected chi connectivity index (χ0v) is 22.5. The van der Waals surface area contributed by atoms with E-state index >= 15 is 0 Å². The predicted octanol–water partition coefficient (Wildman–Crippen LogP) is 4.89. The van der Waals surface area contributed by atoms with Gasteiger partial charge < -0.3 is 23.9 Å². The molecule has 0 amide bonds. The molecule has 2 aliphatic heterocycles. The first kappa shape index (κ1) is 26.1. The first-order valence-corrected chi connectivity index (χ1v) is 13.6. The summed E-state index contributed by atoms with van der Waals surface area (Å²) >= 11 is 0. The number of allylic oxidation sites excluding steroid dienone is 3. The van der Waals surface area contributed by atoms with Crippen LogP contribution in [0.1, 0.15) is 55.6 Å². The number of Topliss-reactive ketones (excluding diaryl/α,β-unsaturated/α-hetero) is 1. The normalized spacial score (nSPS) is 22.8. The number of rotatable bonds is 6. The van der Waals surface area contributed by atoms with Gasteiger partial charge in [0, 0.05) is 41.5 Å². The van der Waals surface area contributed by atoms with Gasteiger partial charge in [0.05, 0.1) is 36.4 Å². The quantitative estimate of drug-likeness (QED) is 0.440. The Morgan fingerprint density at radius 2 is 1.85 bits per heavy atom. The number of carbonyl (C=O) groups excluding carboxylic acids is 2. The van der Waals surface area contributed by atoms with E-state index in [-0.39, 0.29) is 47.4 Å². The van der Waals surface area contributed by atoms with Crippen LogP contribution in [0.3, 0.4) is 0 Å². The van der Waals surface area contributed by atoms with Crippen LogP contribution in [0.5, 0.6) is 5.75 Å². The molecule has 1 N–H and O–H groups in total. The third kappa shape index (κ3) is 4.62. The minimum atomic E-state index is -0.916. The van der Waals surface area contributed by atoms with Crippen molar-refractivity contribution in [1.29, 1.82) is 0 Å². The Balaban J connectivity index is 1.44. The van der Waals surface area contributed by atoms with Crippen LogP contribution in [-0.4, -0.2) is 38.2 Å². The van der Waals surface area contributed by atoms with E-state index in [9.17, 15) is 14.4 Å². The van der Waals surface area contributed by atoms with Crippen LogP contribution in [-0.2, 0) is 19.1 Å². The Morgan fingerprint density at radius 3 is 2.65 bits per heavy atom. The predicted molar refractivity (Wildman–Crippen MR) is 148 cm³/mol. The molecule has 1 aromatic heterocycles. The van der Waals surface area contributed by atoms with Crippen LogP contribution < -0.4 is 15.5 Å². The minimum Gasteiger partial charge on any atom is -0.496 e. The lowest BCUT2D eigenvalue weighted by Gasteiger charge is -2.36. The first-order chi connectivity index (χ1) is 19.5. The SMILES string of the molecule is COc1ccccc1[C@@H]1CC(=O)C2=C(C1)NC(C)=C(C(=O)OC[C@@H]1CCCO1)[C@H]2c1coc2ccccc2c1=O. The van der Waals surface area contributed by atoms with Crippen LogP contribution in [0.2, 0.25) is 0 Å². The first-order valence-electron chi connectivity index (χ1n) is 13.6. The Bertz CT molecular complexity index is 1610. The van der Waals surface area contributed by atoms with Gasteiger partial charge in [-0.15, -0.1) is 0 Å². The second-order valence-corrected chi connectivity index (χ2v) is 10.5. The number of dihydropyridines is 1. The molecule has 6 rings (SSSR count). The molecular formula is C32H31NO7. The number of para-hydroxylation sites is 2. The number of benzene rings is 2. The molecule has 0 spiro atoms. The molecule has 8 nitrogen and oxygen atoms in total. The lowest BCUT2D eigenvalue weighted by molar-refractivity contribution is -0.142. The maximum absolute atomic E-state index is 13.9. The number of hydrogen-bond donors (Lipinski definition) is 1. The summed E-state index contributed by atoms with van der Waals surface area (Å²) in [6.45, 7) is 2.54. The smallest absolute Gasteiger partial charge is 0.336 e. The molecule has 3 atom stereocenters. The molecule has 1 saturated heterocycles. The van der Waals surface area contributed by atoms with Gasteiger partial charge in [0.15, 0.2) is 11.2 Å². The summed E-state index contributed by atoms with van der Waals surface area (Å²) in [7, 11) is 1.61. The Labute approximate surface area is 231 Å². The van der Waals surface area contributed by atoms with E-state index in [0.717, 1.165) is 24.2 Å². The molecule has 8 heteroatoms. The van der Waals surface area contributed by atoms with Gasteiger partial charge in [-0.25, -0.2) is 4.79 Å². The number of ketones is 1. The number of nitrogens with one attached hydrogen (secondary N) is 1. The molecule has 0 radical (unpaired) electrons. The number of hydrogen-bond acceptors (Lipinski definition) is 8. The molecule has 0 saturated carbocycles. The van der Waals surface area contributed by atoms with Crippen molar-refractivity contribution in [2.24, 2.45) is 0 Å². The lowest BCUT2D eigenvalue weighted by atomic mass is 9.71. The largest absolute Gasteiger partial charge is 0.496 e. The van der Waals surface area contributed by atoms with Gasteiger partial charge in [0.1, 0.15) is 17.9 Å². The van der Waals surface area contributed by atoms with Crippen LogP contribution in [0.25, 0.3) is 11.0 Å². The molecule has 1 aliphatic carbocycles. The van der Waals surface area contributed by atoms with Gasteiger partial charge in [-0.1, -0.05) is 30.3 Å². The molecular weight excluding hydrogens is 510 g/mol. The average molecular weight is 542 g/mol. The minimum absolute atomic E-state index is 0.115. The third-order valence-corrected chi connectivity index (χ3v) is 8.07. The molecule has 1 fully saturated rings. The van der Waals surface area contributed by atoms with Gasteiger partial charge in [-0.3, -0.25) is 9.59 Å². The summed E-state index contributed by atoms with van der Waals surface area (Å²) in [6.07, 6.45) is 3.70. The maximum atomic E-state index is 13.9. The molecule has 3 heterocycles. The molecule has 0 bridgehead atoms. The summed E-state index contributed by atoms with van der Waals surface area (Å²) in [5.74, 6) is -1.04. The fourth-order valence-corrected chi connectivity index (χ4v) is 6.16. The van der Waals surface area contributed by atoms with E-state index in [2.05, 4.69) is 5.32 Å². The van der Waals surface area contributed by atoms with E-state index in [1.807, 2.05) is 24.3 Å². The summed E-state index contributed by atoms with van der Waals surface area (Å²) in [6, 6.07) is 14.6. The van der Waals surface area contributed by atoms with E-state index in [1.54, 1.807) is 38.3 Å². The van der Waals surface area contributed by atoms with Crippen molar-refractivity contribution in [3.8, 4) is 5.75 Å². The highest BCUT2D eigenvalue weighted by atomic mass is 16.6. The second kappa shape index (κ2) is 10.8. The standard InChI is InChI=1S/C32H31NO7/c1-18-28(32(36)40-16-20-8-7-13-38-20)29(23-17-39-27-12-6-4-10-22(27)31(23)35)30-24(33-18)14-19(15-25(30)34)21-9-3-5-11-26(21)37-2/h3-6,9-12,17,19-20,29,33H,7-8,13-16H2,1-2H3/t19-,20-,29+/m0/s1. The molecule has 2 aromatic carbocycles. The molecule has 0 unspecified atom stereocenters. The number of fused-ring (bicyclic) bond motifs is 1. The average Bonchev–Trinajstić information content (AvgIpc) is 3.49. The lowest BCUT2D eigenvalue weighted by Crippen LogP contribution is -2.38. The second-order valence-electron chi connectivity index (χ2n) is 10.5. The fraction of sp³-hybridized carbons (Fsp3) is 0.344. The number of methoxy groups -OCH3 is 1. The van der Waals surface area contributed by atoms with E-state index < -0.39 is 11.9 Å². The van der Waals surface area contributed by atoms with Crippen LogP contribution in [0.15, 0.2) is 86.5 Å².